The van der Waals surface area contributed by atoms with E-state index in [1.54, 1.807) is 12.3 Å². The number of allylic oxidation sites excluding steroid dienone is 5. The zero-order chi connectivity index (χ0) is 18.6. The normalized spacial score (nSPS) is 15.2. The minimum atomic E-state index is 0. The summed E-state index contributed by atoms with van der Waals surface area (Å²) in [6.07, 6.45) is 16.3. The summed E-state index contributed by atoms with van der Waals surface area (Å²) in [5.41, 5.74) is 6.59. The second-order valence-electron chi connectivity index (χ2n) is 6.37. The van der Waals surface area contributed by atoms with Crippen LogP contribution in [0, 0.1) is 0 Å². The highest BCUT2D eigenvalue weighted by Gasteiger charge is 2.15. The van der Waals surface area contributed by atoms with Crippen LogP contribution < -0.4 is 5.32 Å². The molecule has 28 heavy (non-hydrogen) atoms. The number of benzene rings is 2. The molecule has 0 fully saturated rings. The molecule has 0 bridgehead atoms. The third-order valence-electron chi connectivity index (χ3n) is 4.59. The maximum absolute atomic E-state index is 6.12. The molecule has 0 aromatic heterocycles. The fourth-order valence-corrected chi connectivity index (χ4v) is 3.55. The highest BCUT2D eigenvalue weighted by molar-refractivity contribution is 6.42. The Morgan fingerprint density at radius 1 is 1.00 bits per heavy atom. The van der Waals surface area contributed by atoms with Crippen molar-refractivity contribution in [2.24, 2.45) is 4.99 Å². The van der Waals surface area contributed by atoms with Crippen molar-refractivity contribution in [3.63, 3.8) is 0 Å². The second-order valence-corrected chi connectivity index (χ2v) is 7.18. The van der Waals surface area contributed by atoms with Gasteiger partial charge in [0, 0.05) is 23.5 Å². The monoisotopic (exact) mass is 428 g/mol. The molecule has 2 nitrogen and oxygen atoms in total. The molecule has 1 aliphatic carbocycles. The Bertz CT molecular complexity index is 1030. The lowest BCUT2D eigenvalue weighted by Gasteiger charge is -2.17. The minimum Gasteiger partial charge on any atom is -0.359 e. The Morgan fingerprint density at radius 3 is 2.64 bits per heavy atom. The number of hydrogen-bond donors (Lipinski definition) is 1. The number of halogens is 3. The highest BCUT2D eigenvalue weighted by Crippen LogP contribution is 2.33. The largest absolute Gasteiger partial charge is 0.359 e. The number of hydrogen-bond acceptors (Lipinski definition) is 2. The summed E-state index contributed by atoms with van der Waals surface area (Å²) in [5.74, 6) is 0. The molecule has 0 spiro atoms. The number of nitrogens with zero attached hydrogens (tertiary/aromatic N) is 1. The van der Waals surface area contributed by atoms with E-state index < -0.39 is 0 Å². The molecule has 1 aliphatic heterocycles. The molecule has 1 N–H and O–H groups in total. The lowest BCUT2D eigenvalue weighted by Crippen LogP contribution is -2.04. The van der Waals surface area contributed by atoms with Crippen molar-refractivity contribution in [1.82, 2.24) is 0 Å². The predicted molar refractivity (Wildman–Crippen MR) is 125 cm³/mol. The van der Waals surface area contributed by atoms with Crippen molar-refractivity contribution < 1.29 is 0 Å². The Hall–Kier alpha value is -2.26. The maximum Gasteiger partial charge on any atom is 0.0723 e. The first-order valence-corrected chi connectivity index (χ1v) is 9.60. The Kier molecular flexibility index (Phi) is 6.79. The first-order chi connectivity index (χ1) is 13.2. The molecule has 2 aromatic carbocycles. The summed E-state index contributed by atoms with van der Waals surface area (Å²) in [6.45, 7) is 0. The smallest absolute Gasteiger partial charge is 0.0723 e. The van der Waals surface area contributed by atoms with Gasteiger partial charge in [-0.1, -0.05) is 71.8 Å². The van der Waals surface area contributed by atoms with E-state index in [2.05, 4.69) is 46.7 Å². The summed E-state index contributed by atoms with van der Waals surface area (Å²) in [6, 6.07) is 11.9. The van der Waals surface area contributed by atoms with Gasteiger partial charge in [0.1, 0.15) is 0 Å². The van der Waals surface area contributed by atoms with Crippen LogP contribution >= 0.6 is 35.6 Å². The summed E-state index contributed by atoms with van der Waals surface area (Å²) < 4.78 is 0. The molecule has 0 saturated heterocycles. The van der Waals surface area contributed by atoms with Crippen LogP contribution in [0.5, 0.6) is 0 Å². The van der Waals surface area contributed by atoms with Crippen molar-refractivity contribution in [2.75, 3.05) is 5.32 Å². The fourth-order valence-electron chi connectivity index (χ4n) is 3.25. The highest BCUT2D eigenvalue weighted by atomic mass is 35.5. The molecule has 2 aromatic rings. The van der Waals surface area contributed by atoms with Gasteiger partial charge in [-0.2, -0.15) is 0 Å². The van der Waals surface area contributed by atoms with Gasteiger partial charge in [-0.05, 0) is 42.2 Å². The lowest BCUT2D eigenvalue weighted by atomic mass is 9.92. The maximum atomic E-state index is 6.12. The molecule has 0 radical (unpaired) electrons. The van der Waals surface area contributed by atoms with E-state index in [4.69, 9.17) is 23.2 Å². The van der Waals surface area contributed by atoms with Gasteiger partial charge in [-0.15, -0.1) is 12.4 Å². The summed E-state index contributed by atoms with van der Waals surface area (Å²) in [7, 11) is 0. The average molecular weight is 430 g/mol. The number of para-hydroxylation sites is 1. The number of anilines is 1. The third-order valence-corrected chi connectivity index (χ3v) is 5.33. The van der Waals surface area contributed by atoms with Crippen LogP contribution in [0.1, 0.15) is 29.5 Å². The van der Waals surface area contributed by atoms with Crippen molar-refractivity contribution >= 4 is 58.7 Å². The molecular formula is C23H19Cl3N2. The van der Waals surface area contributed by atoms with E-state index in [1.807, 2.05) is 30.5 Å². The van der Waals surface area contributed by atoms with Gasteiger partial charge < -0.3 is 5.32 Å². The van der Waals surface area contributed by atoms with Crippen molar-refractivity contribution in [3.8, 4) is 0 Å². The van der Waals surface area contributed by atoms with Gasteiger partial charge in [-0.25, -0.2) is 0 Å². The zero-order valence-corrected chi connectivity index (χ0v) is 17.4. The van der Waals surface area contributed by atoms with Gasteiger partial charge in [0.15, 0.2) is 0 Å². The quantitative estimate of drug-likeness (QED) is 0.535. The molecule has 5 heteroatoms. The molecule has 0 unspecified atom stereocenters. The van der Waals surface area contributed by atoms with Crippen molar-refractivity contribution in [1.29, 1.82) is 0 Å². The van der Waals surface area contributed by atoms with Gasteiger partial charge in [0.2, 0.25) is 0 Å². The summed E-state index contributed by atoms with van der Waals surface area (Å²) in [5, 5.41) is 4.50. The first kappa shape index (κ1) is 20.5. The van der Waals surface area contributed by atoms with Crippen LogP contribution in [-0.2, 0) is 0 Å². The molecule has 4 rings (SSSR count). The van der Waals surface area contributed by atoms with Crippen LogP contribution in [-0.4, -0.2) is 5.71 Å². The standard InChI is InChI=1S/C23H18Cl2N2.ClH/c24-20-11-9-16(15-21(20)25)10-12-22-19-8-4-7-18(17-5-2-1-3-6-17)23(19)27-14-13-26-22;/h1-2,4-5,7-15,27H,3,6H2;1H. The van der Waals surface area contributed by atoms with E-state index in [1.165, 1.54) is 11.1 Å². The predicted octanol–water partition coefficient (Wildman–Crippen LogP) is 7.55. The van der Waals surface area contributed by atoms with Gasteiger partial charge in [-0.3, -0.25) is 4.99 Å². The van der Waals surface area contributed by atoms with Crippen LogP contribution in [0.15, 0.2) is 78.1 Å². The van der Waals surface area contributed by atoms with Gasteiger partial charge in [0.25, 0.3) is 0 Å². The van der Waals surface area contributed by atoms with E-state index >= 15 is 0 Å². The van der Waals surface area contributed by atoms with E-state index in [0.29, 0.717) is 10.0 Å². The number of aliphatic imine (C=N–C) groups is 1. The summed E-state index contributed by atoms with van der Waals surface area (Å²) in [4.78, 5) is 4.60. The lowest BCUT2D eigenvalue weighted by molar-refractivity contribution is 1.05. The van der Waals surface area contributed by atoms with Crippen LogP contribution in [0.4, 0.5) is 5.69 Å². The Morgan fingerprint density at radius 2 is 1.86 bits per heavy atom. The van der Waals surface area contributed by atoms with Gasteiger partial charge in [0.05, 0.1) is 21.4 Å². The summed E-state index contributed by atoms with van der Waals surface area (Å²) >= 11 is 12.1. The molecule has 0 saturated carbocycles. The fraction of sp³-hybridized carbons (Fsp3) is 0.0870. The molecule has 142 valence electrons. The zero-order valence-electron chi connectivity index (χ0n) is 15.0. The number of fused-ring (bicyclic) bond motifs is 1. The van der Waals surface area contributed by atoms with Crippen LogP contribution in [0.25, 0.3) is 11.6 Å². The second kappa shape index (κ2) is 9.29. The van der Waals surface area contributed by atoms with E-state index in [0.717, 1.165) is 35.4 Å². The van der Waals surface area contributed by atoms with Crippen molar-refractivity contribution in [3.05, 3.63) is 99.8 Å². The van der Waals surface area contributed by atoms with Crippen LogP contribution in [0.3, 0.4) is 0 Å². The van der Waals surface area contributed by atoms with Gasteiger partial charge >= 0.3 is 0 Å². The molecule has 0 atom stereocenters. The van der Waals surface area contributed by atoms with Crippen molar-refractivity contribution in [2.45, 2.75) is 12.8 Å². The number of nitrogens with one attached hydrogen (secondary N) is 1. The molecule has 1 heterocycles. The minimum absolute atomic E-state index is 0. The Balaban J connectivity index is 0.00000225. The molecule has 2 aliphatic rings. The van der Waals surface area contributed by atoms with E-state index in [-0.39, 0.29) is 12.4 Å². The van der Waals surface area contributed by atoms with E-state index in [9.17, 15) is 0 Å². The van der Waals surface area contributed by atoms with Crippen LogP contribution in [0.2, 0.25) is 10.0 Å². The molecular weight excluding hydrogens is 411 g/mol. The Labute approximate surface area is 181 Å². The first-order valence-electron chi connectivity index (χ1n) is 8.84. The SMILES string of the molecule is Cl.Clc1ccc(C=CC2=NC=CNc3c(C4=CC=CCC4)cccc32)cc1Cl. The third kappa shape index (κ3) is 4.41. The topological polar surface area (TPSA) is 24.4 Å². The number of rotatable bonds is 3. The average Bonchev–Trinajstić information content (AvgIpc) is 2.92. The molecule has 0 amide bonds.